The largest absolute Gasteiger partial charge is 0.494 e. The summed E-state index contributed by atoms with van der Waals surface area (Å²) in [5, 5.41) is 0.517. The number of nitrogens with zero attached hydrogens (tertiary/aromatic N) is 3. The molecule has 1 amide bonds. The van der Waals surface area contributed by atoms with Crippen LogP contribution in [0.15, 0.2) is 70.2 Å². The third kappa shape index (κ3) is 5.27. The van der Waals surface area contributed by atoms with Gasteiger partial charge in [-0.25, -0.2) is 13.4 Å². The number of thiazole rings is 1. The summed E-state index contributed by atoms with van der Waals surface area (Å²) in [6.07, 6.45) is 4.30. The molecule has 37 heavy (non-hydrogen) atoms. The van der Waals surface area contributed by atoms with Gasteiger partial charge < -0.3 is 9.15 Å². The molecule has 0 bridgehead atoms. The monoisotopic (exact) mass is 539 g/mol. The minimum absolute atomic E-state index is 0.0360. The molecule has 5 rings (SSSR count). The highest BCUT2D eigenvalue weighted by atomic mass is 32.2. The molecule has 0 aliphatic carbocycles. The highest BCUT2D eigenvalue weighted by Crippen LogP contribution is 2.33. The summed E-state index contributed by atoms with van der Waals surface area (Å²) in [4.78, 5) is 20.1. The van der Waals surface area contributed by atoms with Crippen LogP contribution in [-0.4, -0.2) is 42.8 Å². The van der Waals surface area contributed by atoms with E-state index in [4.69, 9.17) is 14.1 Å². The van der Waals surface area contributed by atoms with Crippen molar-refractivity contribution < 1.29 is 22.4 Å². The lowest BCUT2D eigenvalue weighted by Crippen LogP contribution is -2.41. The van der Waals surface area contributed by atoms with E-state index in [1.807, 2.05) is 32.0 Å². The van der Waals surface area contributed by atoms with E-state index in [0.29, 0.717) is 29.6 Å². The summed E-state index contributed by atoms with van der Waals surface area (Å²) in [5.74, 6) is 1.06. The molecule has 1 atom stereocenters. The Hall–Kier alpha value is -3.21. The summed E-state index contributed by atoms with van der Waals surface area (Å²) in [6.45, 7) is 5.13. The van der Waals surface area contributed by atoms with Crippen LogP contribution in [0.4, 0.5) is 5.13 Å². The Labute approximate surface area is 220 Å². The summed E-state index contributed by atoms with van der Waals surface area (Å²) in [6, 6.07) is 15.3. The average Bonchev–Trinajstić information content (AvgIpc) is 3.57. The van der Waals surface area contributed by atoms with Crippen LogP contribution in [0.1, 0.15) is 49.2 Å². The molecule has 2 aromatic carbocycles. The van der Waals surface area contributed by atoms with Crippen LogP contribution in [0.25, 0.3) is 10.2 Å². The number of aromatic nitrogens is 1. The number of anilines is 1. The lowest BCUT2D eigenvalue weighted by Gasteiger charge is -2.32. The van der Waals surface area contributed by atoms with Crippen molar-refractivity contribution in [3.8, 4) is 5.75 Å². The summed E-state index contributed by atoms with van der Waals surface area (Å²) in [5.41, 5.74) is 1.13. The first-order valence-electron chi connectivity index (χ1n) is 12.4. The van der Waals surface area contributed by atoms with E-state index in [1.54, 1.807) is 39.7 Å². The lowest BCUT2D eigenvalue weighted by molar-refractivity contribution is 0.0983. The van der Waals surface area contributed by atoms with Crippen molar-refractivity contribution in [2.75, 3.05) is 18.1 Å². The molecule has 10 heteroatoms. The van der Waals surface area contributed by atoms with Gasteiger partial charge in [-0.15, -0.1) is 0 Å². The lowest BCUT2D eigenvalue weighted by atomic mass is 10.1. The minimum Gasteiger partial charge on any atom is -0.494 e. The molecule has 1 fully saturated rings. The molecular weight excluding hydrogens is 510 g/mol. The van der Waals surface area contributed by atoms with E-state index in [1.165, 1.54) is 23.5 Å². The van der Waals surface area contributed by atoms with Crippen molar-refractivity contribution in [2.24, 2.45) is 0 Å². The number of furan rings is 1. The molecule has 194 valence electrons. The summed E-state index contributed by atoms with van der Waals surface area (Å²) in [7, 11) is -3.62. The SMILES string of the molecule is CCOc1ccc2nc(N(Cc3ccco3)C(=O)c3ccc(S(=O)(=O)N4CCCCC4C)cc3)sc2c1. The number of ether oxygens (including phenoxy) is 1. The van der Waals surface area contributed by atoms with Gasteiger partial charge in [0.1, 0.15) is 11.5 Å². The first-order valence-corrected chi connectivity index (χ1v) is 14.6. The maximum atomic E-state index is 13.7. The van der Waals surface area contributed by atoms with Crippen molar-refractivity contribution in [3.05, 3.63) is 72.2 Å². The smallest absolute Gasteiger partial charge is 0.260 e. The molecule has 1 saturated heterocycles. The van der Waals surface area contributed by atoms with Gasteiger partial charge in [0.2, 0.25) is 10.0 Å². The molecule has 4 aromatic rings. The Morgan fingerprint density at radius 1 is 1.19 bits per heavy atom. The Morgan fingerprint density at radius 3 is 2.70 bits per heavy atom. The number of sulfonamides is 1. The van der Waals surface area contributed by atoms with E-state index in [9.17, 15) is 13.2 Å². The second-order valence-electron chi connectivity index (χ2n) is 9.01. The van der Waals surface area contributed by atoms with Crippen LogP contribution in [0.5, 0.6) is 5.75 Å². The van der Waals surface area contributed by atoms with E-state index in [2.05, 4.69) is 0 Å². The Balaban J connectivity index is 1.45. The van der Waals surface area contributed by atoms with Crippen molar-refractivity contribution in [3.63, 3.8) is 0 Å². The maximum Gasteiger partial charge on any atom is 0.260 e. The molecule has 0 saturated carbocycles. The van der Waals surface area contributed by atoms with Gasteiger partial charge in [0.15, 0.2) is 5.13 Å². The van der Waals surface area contributed by atoms with E-state index >= 15 is 0 Å². The number of rotatable bonds is 8. The third-order valence-corrected chi connectivity index (χ3v) is 9.55. The van der Waals surface area contributed by atoms with Gasteiger partial charge in [-0.3, -0.25) is 9.69 Å². The molecule has 1 unspecified atom stereocenters. The van der Waals surface area contributed by atoms with Gasteiger partial charge in [-0.05, 0) is 81.3 Å². The number of carbonyl (C=O) groups is 1. The van der Waals surface area contributed by atoms with Crippen molar-refractivity contribution in [1.82, 2.24) is 9.29 Å². The van der Waals surface area contributed by atoms with Gasteiger partial charge in [-0.1, -0.05) is 17.8 Å². The number of hydrogen-bond donors (Lipinski definition) is 0. The predicted molar refractivity (Wildman–Crippen MR) is 144 cm³/mol. The first kappa shape index (κ1) is 25.4. The minimum atomic E-state index is -3.62. The number of carbonyl (C=O) groups excluding carboxylic acids is 1. The van der Waals surface area contributed by atoms with E-state index < -0.39 is 10.0 Å². The van der Waals surface area contributed by atoms with Gasteiger partial charge in [0, 0.05) is 18.2 Å². The van der Waals surface area contributed by atoms with Crippen LogP contribution in [-0.2, 0) is 16.6 Å². The van der Waals surface area contributed by atoms with Gasteiger partial charge >= 0.3 is 0 Å². The molecule has 3 heterocycles. The molecule has 2 aromatic heterocycles. The fourth-order valence-corrected chi connectivity index (χ4v) is 7.23. The van der Waals surface area contributed by atoms with Gasteiger partial charge in [0.25, 0.3) is 5.91 Å². The molecule has 0 spiro atoms. The van der Waals surface area contributed by atoms with Crippen LogP contribution in [0.2, 0.25) is 0 Å². The van der Waals surface area contributed by atoms with E-state index in [0.717, 1.165) is 35.2 Å². The topological polar surface area (TPSA) is 93.0 Å². The third-order valence-electron chi connectivity index (χ3n) is 6.48. The number of fused-ring (bicyclic) bond motifs is 1. The number of piperidine rings is 1. The van der Waals surface area contributed by atoms with Crippen LogP contribution >= 0.6 is 11.3 Å². The quantitative estimate of drug-likeness (QED) is 0.285. The maximum absolute atomic E-state index is 13.7. The number of amides is 1. The zero-order valence-corrected chi connectivity index (χ0v) is 22.4. The summed E-state index contributed by atoms with van der Waals surface area (Å²) < 4.78 is 40.0. The van der Waals surface area contributed by atoms with E-state index in [-0.39, 0.29) is 23.4 Å². The molecule has 1 aliphatic rings. The van der Waals surface area contributed by atoms with Crippen molar-refractivity contribution in [1.29, 1.82) is 0 Å². The Kier molecular flexibility index (Phi) is 7.32. The standard InChI is InChI=1S/C27H29N3O5S2/c1-3-34-21-11-14-24-25(17-21)36-27(28-24)29(18-22-8-6-16-35-22)26(31)20-9-12-23(13-10-20)37(32,33)30-15-5-4-7-19(30)2/h6,8-14,16-17,19H,3-5,7,15,18H2,1-2H3. The zero-order valence-electron chi connectivity index (χ0n) is 20.8. The number of benzene rings is 2. The Bertz CT molecular complexity index is 1480. The highest BCUT2D eigenvalue weighted by Gasteiger charge is 2.31. The molecule has 0 radical (unpaired) electrons. The predicted octanol–water partition coefficient (Wildman–Crippen LogP) is 5.70. The van der Waals surface area contributed by atoms with Crippen LogP contribution < -0.4 is 9.64 Å². The second kappa shape index (κ2) is 10.6. The Morgan fingerprint density at radius 2 is 2.00 bits per heavy atom. The van der Waals surface area contributed by atoms with Gasteiger partial charge in [0.05, 0.1) is 34.5 Å². The average molecular weight is 540 g/mol. The highest BCUT2D eigenvalue weighted by molar-refractivity contribution is 7.89. The summed E-state index contributed by atoms with van der Waals surface area (Å²) >= 11 is 1.39. The molecule has 8 nitrogen and oxygen atoms in total. The van der Waals surface area contributed by atoms with Gasteiger partial charge in [-0.2, -0.15) is 4.31 Å². The molecule has 1 aliphatic heterocycles. The fraction of sp³-hybridized carbons (Fsp3) is 0.333. The van der Waals surface area contributed by atoms with Crippen molar-refractivity contribution >= 4 is 42.6 Å². The fourth-order valence-electron chi connectivity index (χ4n) is 4.54. The molecular formula is C27H29N3O5S2. The second-order valence-corrected chi connectivity index (χ2v) is 11.9. The first-order chi connectivity index (χ1) is 17.9. The van der Waals surface area contributed by atoms with Crippen LogP contribution in [0, 0.1) is 0 Å². The zero-order chi connectivity index (χ0) is 26.0. The van der Waals surface area contributed by atoms with Crippen LogP contribution in [0.3, 0.4) is 0 Å². The normalized spacial score (nSPS) is 16.6. The van der Waals surface area contributed by atoms with Crippen molar-refractivity contribution in [2.45, 2.75) is 50.6 Å². The molecule has 0 N–H and O–H groups in total. The number of hydrogen-bond acceptors (Lipinski definition) is 7.